The average Bonchev–Trinajstić information content (AvgIpc) is 3.54. The van der Waals surface area contributed by atoms with E-state index in [9.17, 15) is 4.79 Å². The molecule has 2 amide bonds. The molecule has 0 bridgehead atoms. The smallest absolute Gasteiger partial charge is 0.321 e. The van der Waals surface area contributed by atoms with Gasteiger partial charge in [-0.25, -0.2) is 4.79 Å². The van der Waals surface area contributed by atoms with Crippen LogP contribution < -0.4 is 10.2 Å². The van der Waals surface area contributed by atoms with Gasteiger partial charge in [-0.05, 0) is 61.7 Å². The number of aromatic nitrogens is 2. The average molecular weight is 438 g/mol. The maximum absolute atomic E-state index is 12.7. The van der Waals surface area contributed by atoms with Crippen LogP contribution in [0.2, 0.25) is 5.02 Å². The van der Waals surface area contributed by atoms with Gasteiger partial charge < -0.3 is 19.6 Å². The second-order valence-electron chi connectivity index (χ2n) is 8.09. The SMILES string of the molecule is Cc1c(Cl)cccc1NC(=O)N1CCN(c2ccc(-c3noc(C4CC4)n3)cc2)CC1. The number of carbonyl (C=O) groups excluding carboxylic acids is 1. The predicted octanol–water partition coefficient (Wildman–Crippen LogP) is 4.93. The Morgan fingerprint density at radius 2 is 1.84 bits per heavy atom. The van der Waals surface area contributed by atoms with Crippen LogP contribution in [0.25, 0.3) is 11.4 Å². The molecule has 0 spiro atoms. The number of urea groups is 1. The van der Waals surface area contributed by atoms with Crippen molar-refractivity contribution in [1.29, 1.82) is 0 Å². The molecule has 1 aromatic heterocycles. The van der Waals surface area contributed by atoms with Crippen molar-refractivity contribution >= 4 is 29.0 Å². The molecule has 7 nitrogen and oxygen atoms in total. The molecule has 1 N–H and O–H groups in total. The number of rotatable bonds is 4. The minimum Gasteiger partial charge on any atom is -0.368 e. The number of nitrogens with zero attached hydrogens (tertiary/aromatic N) is 4. The van der Waals surface area contributed by atoms with E-state index in [1.165, 1.54) is 0 Å². The summed E-state index contributed by atoms with van der Waals surface area (Å²) in [5, 5.41) is 7.73. The molecular formula is C23H24ClN5O2. The summed E-state index contributed by atoms with van der Waals surface area (Å²) in [6.45, 7) is 4.76. The molecule has 1 saturated heterocycles. The normalized spacial score (nSPS) is 16.5. The van der Waals surface area contributed by atoms with E-state index in [1.54, 1.807) is 0 Å². The quantitative estimate of drug-likeness (QED) is 0.626. The van der Waals surface area contributed by atoms with Crippen LogP contribution in [0, 0.1) is 6.92 Å². The van der Waals surface area contributed by atoms with E-state index < -0.39 is 0 Å². The van der Waals surface area contributed by atoms with Gasteiger partial charge in [0.2, 0.25) is 11.7 Å². The van der Waals surface area contributed by atoms with Crippen LogP contribution in [0.4, 0.5) is 16.2 Å². The standard InChI is InChI=1S/C23H24ClN5O2/c1-15-19(24)3-2-4-20(15)25-23(30)29-13-11-28(12-14-29)18-9-7-16(8-10-18)21-26-22(31-27-21)17-5-6-17/h2-4,7-10,17H,5-6,11-14H2,1H3,(H,25,30). The Hall–Kier alpha value is -3.06. The van der Waals surface area contributed by atoms with Crippen LogP contribution in [0.15, 0.2) is 47.0 Å². The third-order valence-corrected chi connectivity index (χ3v) is 6.34. The summed E-state index contributed by atoms with van der Waals surface area (Å²) < 4.78 is 5.36. The summed E-state index contributed by atoms with van der Waals surface area (Å²) in [5.74, 6) is 1.85. The molecule has 2 aliphatic rings. The molecule has 160 valence electrons. The monoisotopic (exact) mass is 437 g/mol. The van der Waals surface area contributed by atoms with Gasteiger partial charge in [0.05, 0.1) is 0 Å². The van der Waals surface area contributed by atoms with E-state index >= 15 is 0 Å². The Morgan fingerprint density at radius 3 is 2.55 bits per heavy atom. The Labute approximate surface area is 186 Å². The van der Waals surface area contributed by atoms with Gasteiger partial charge >= 0.3 is 6.03 Å². The van der Waals surface area contributed by atoms with Crippen LogP contribution in [-0.4, -0.2) is 47.3 Å². The third kappa shape index (κ3) is 4.23. The zero-order valence-corrected chi connectivity index (χ0v) is 18.1. The van der Waals surface area contributed by atoms with Gasteiger partial charge in [-0.15, -0.1) is 0 Å². The molecule has 2 heterocycles. The first-order chi connectivity index (χ1) is 15.1. The highest BCUT2D eigenvalue weighted by Gasteiger charge is 2.29. The highest BCUT2D eigenvalue weighted by molar-refractivity contribution is 6.31. The second-order valence-corrected chi connectivity index (χ2v) is 8.50. The summed E-state index contributed by atoms with van der Waals surface area (Å²) >= 11 is 6.15. The third-order valence-electron chi connectivity index (χ3n) is 5.94. The molecule has 31 heavy (non-hydrogen) atoms. The van der Waals surface area contributed by atoms with Gasteiger partial charge in [0, 0.05) is 54.1 Å². The second kappa shape index (κ2) is 8.23. The van der Waals surface area contributed by atoms with Crippen molar-refractivity contribution in [2.75, 3.05) is 36.4 Å². The Balaban J connectivity index is 1.18. The fourth-order valence-electron chi connectivity index (χ4n) is 3.77. The lowest BCUT2D eigenvalue weighted by atomic mass is 10.1. The van der Waals surface area contributed by atoms with Crippen LogP contribution >= 0.6 is 11.6 Å². The molecule has 0 unspecified atom stereocenters. The number of amides is 2. The van der Waals surface area contributed by atoms with Crippen molar-refractivity contribution in [1.82, 2.24) is 15.0 Å². The van der Waals surface area contributed by atoms with Crippen molar-refractivity contribution in [2.24, 2.45) is 0 Å². The van der Waals surface area contributed by atoms with Crippen LogP contribution in [0.3, 0.4) is 0 Å². The molecule has 2 fully saturated rings. The molecule has 0 radical (unpaired) electrons. The summed E-state index contributed by atoms with van der Waals surface area (Å²) in [6, 6.07) is 13.6. The number of nitrogens with one attached hydrogen (secondary N) is 1. The van der Waals surface area contributed by atoms with Crippen LogP contribution in [0.5, 0.6) is 0 Å². The van der Waals surface area contributed by atoms with E-state index in [-0.39, 0.29) is 6.03 Å². The van der Waals surface area contributed by atoms with E-state index in [0.29, 0.717) is 29.9 Å². The van der Waals surface area contributed by atoms with Crippen molar-refractivity contribution < 1.29 is 9.32 Å². The largest absolute Gasteiger partial charge is 0.368 e. The number of halogens is 1. The van der Waals surface area contributed by atoms with Gasteiger partial charge in [0.1, 0.15) is 0 Å². The number of hydrogen-bond donors (Lipinski definition) is 1. The molecule has 1 saturated carbocycles. The number of piperazine rings is 1. The van der Waals surface area contributed by atoms with Gasteiger partial charge in [-0.2, -0.15) is 4.98 Å². The lowest BCUT2D eigenvalue weighted by Crippen LogP contribution is -2.50. The fraction of sp³-hybridized carbons (Fsp3) is 0.348. The van der Waals surface area contributed by atoms with Crippen LogP contribution in [-0.2, 0) is 0 Å². The zero-order chi connectivity index (χ0) is 21.4. The molecule has 2 aromatic carbocycles. The van der Waals surface area contributed by atoms with Gasteiger partial charge in [-0.1, -0.05) is 22.8 Å². The lowest BCUT2D eigenvalue weighted by molar-refractivity contribution is 0.208. The summed E-state index contributed by atoms with van der Waals surface area (Å²) in [6.07, 6.45) is 2.28. The van der Waals surface area contributed by atoms with E-state index in [0.717, 1.165) is 54.3 Å². The summed E-state index contributed by atoms with van der Waals surface area (Å²) in [7, 11) is 0. The van der Waals surface area contributed by atoms with Gasteiger partial charge in [-0.3, -0.25) is 0 Å². The first kappa shape index (κ1) is 19.9. The maximum atomic E-state index is 12.7. The van der Waals surface area contributed by atoms with Crippen molar-refractivity contribution in [3.8, 4) is 11.4 Å². The van der Waals surface area contributed by atoms with E-state index in [4.69, 9.17) is 16.1 Å². The Morgan fingerprint density at radius 1 is 1.10 bits per heavy atom. The number of benzene rings is 2. The highest BCUT2D eigenvalue weighted by Crippen LogP contribution is 2.39. The lowest BCUT2D eigenvalue weighted by Gasteiger charge is -2.36. The zero-order valence-electron chi connectivity index (χ0n) is 17.3. The van der Waals surface area contributed by atoms with Crippen molar-refractivity contribution in [3.05, 3.63) is 58.9 Å². The summed E-state index contributed by atoms with van der Waals surface area (Å²) in [4.78, 5) is 21.3. The van der Waals surface area contributed by atoms with Crippen molar-refractivity contribution in [3.63, 3.8) is 0 Å². The molecule has 8 heteroatoms. The number of anilines is 2. The van der Waals surface area contributed by atoms with Gasteiger partial charge in [0.25, 0.3) is 0 Å². The topological polar surface area (TPSA) is 74.5 Å². The predicted molar refractivity (Wildman–Crippen MR) is 121 cm³/mol. The Bertz CT molecular complexity index is 1090. The fourth-order valence-corrected chi connectivity index (χ4v) is 3.95. The van der Waals surface area contributed by atoms with E-state index in [2.05, 4.69) is 32.5 Å². The van der Waals surface area contributed by atoms with E-state index in [1.807, 2.05) is 42.2 Å². The number of hydrogen-bond acceptors (Lipinski definition) is 5. The molecule has 5 rings (SSSR count). The Kier molecular flexibility index (Phi) is 5.28. The van der Waals surface area contributed by atoms with Crippen molar-refractivity contribution in [2.45, 2.75) is 25.7 Å². The highest BCUT2D eigenvalue weighted by atomic mass is 35.5. The molecule has 0 atom stereocenters. The molecule has 1 aliphatic heterocycles. The first-order valence-electron chi connectivity index (χ1n) is 10.6. The minimum absolute atomic E-state index is 0.0936. The molecular weight excluding hydrogens is 414 g/mol. The molecule has 3 aromatic rings. The minimum atomic E-state index is -0.0936. The first-order valence-corrected chi connectivity index (χ1v) is 11.0. The molecule has 1 aliphatic carbocycles. The maximum Gasteiger partial charge on any atom is 0.321 e. The number of carbonyl (C=O) groups is 1. The van der Waals surface area contributed by atoms with Gasteiger partial charge in [0.15, 0.2) is 0 Å². The summed E-state index contributed by atoms with van der Waals surface area (Å²) in [5.41, 5.74) is 3.71. The van der Waals surface area contributed by atoms with Crippen LogP contribution in [0.1, 0.15) is 30.2 Å².